The Hall–Kier alpha value is -1.83. The zero-order valence-corrected chi connectivity index (χ0v) is 16.5. The van der Waals surface area contributed by atoms with E-state index in [4.69, 9.17) is 0 Å². The minimum absolute atomic E-state index is 0.197. The molecule has 2 aromatic rings. The summed E-state index contributed by atoms with van der Waals surface area (Å²) in [5, 5.41) is 15.6. The Labute approximate surface area is 160 Å². The van der Waals surface area contributed by atoms with Gasteiger partial charge in [-0.05, 0) is 23.1 Å². The second-order valence-electron chi connectivity index (χ2n) is 8.55. The van der Waals surface area contributed by atoms with Crippen LogP contribution in [0.1, 0.15) is 26.3 Å². The Morgan fingerprint density at radius 3 is 2.19 bits per heavy atom. The average Bonchev–Trinajstić information content (AvgIpc) is 3.10. The topological polar surface area (TPSA) is 57.4 Å². The van der Waals surface area contributed by atoms with Crippen molar-refractivity contribution in [1.29, 1.82) is 0 Å². The molecular formula is C20H30FN5O. The van der Waals surface area contributed by atoms with Gasteiger partial charge in [-0.1, -0.05) is 32.9 Å². The van der Waals surface area contributed by atoms with Crippen LogP contribution in [-0.4, -0.2) is 68.0 Å². The van der Waals surface area contributed by atoms with Crippen molar-refractivity contribution in [2.24, 2.45) is 5.41 Å². The van der Waals surface area contributed by atoms with Gasteiger partial charge in [-0.2, -0.15) is 5.10 Å². The van der Waals surface area contributed by atoms with E-state index in [2.05, 4.69) is 40.7 Å². The van der Waals surface area contributed by atoms with E-state index in [1.54, 1.807) is 11.0 Å². The molecule has 0 amide bonds. The van der Waals surface area contributed by atoms with Gasteiger partial charge in [0, 0.05) is 39.3 Å². The van der Waals surface area contributed by atoms with E-state index >= 15 is 0 Å². The van der Waals surface area contributed by atoms with Crippen LogP contribution >= 0.6 is 0 Å². The van der Waals surface area contributed by atoms with Gasteiger partial charge in [0.1, 0.15) is 24.1 Å². The van der Waals surface area contributed by atoms with E-state index in [-0.39, 0.29) is 11.2 Å². The minimum atomic E-state index is -0.903. The van der Waals surface area contributed by atoms with Crippen molar-refractivity contribution in [1.82, 2.24) is 24.6 Å². The normalized spacial score (nSPS) is 19.1. The number of benzene rings is 1. The second kappa shape index (κ2) is 8.04. The number of aliphatic hydroxyl groups is 1. The zero-order chi connectivity index (χ0) is 19.5. The lowest BCUT2D eigenvalue weighted by molar-refractivity contribution is -0.0990. The van der Waals surface area contributed by atoms with Gasteiger partial charge in [-0.3, -0.25) is 14.5 Å². The molecule has 3 rings (SSSR count). The van der Waals surface area contributed by atoms with Crippen LogP contribution in [0.3, 0.4) is 0 Å². The molecule has 1 fully saturated rings. The van der Waals surface area contributed by atoms with Gasteiger partial charge in [0.05, 0.1) is 6.54 Å². The number of halogens is 1. The Bertz CT molecular complexity index is 705. The standard InChI is InChI=1S/C20H30FN5O/c1-19(2,3)20(27,14-26-16-22-15-23-26)13-25-10-8-24(9-11-25)12-17-4-6-18(21)7-5-17/h4-7,15-16,27H,8-14H2,1-3H3. The first kappa shape index (κ1) is 19.9. The SMILES string of the molecule is CC(C)(C)C(O)(CN1CCN(Cc2ccc(F)cc2)CC1)Cn1cncn1. The molecule has 1 atom stereocenters. The van der Waals surface area contributed by atoms with E-state index in [0.29, 0.717) is 13.1 Å². The van der Waals surface area contributed by atoms with E-state index in [0.717, 1.165) is 38.3 Å². The van der Waals surface area contributed by atoms with Crippen molar-refractivity contribution in [2.75, 3.05) is 32.7 Å². The number of aromatic nitrogens is 3. The maximum Gasteiger partial charge on any atom is 0.137 e. The fourth-order valence-corrected chi connectivity index (χ4v) is 3.43. The summed E-state index contributed by atoms with van der Waals surface area (Å²) in [7, 11) is 0. The number of rotatable bonds is 6. The molecule has 1 saturated heterocycles. The van der Waals surface area contributed by atoms with Crippen molar-refractivity contribution in [3.05, 3.63) is 48.3 Å². The molecule has 0 spiro atoms. The zero-order valence-electron chi connectivity index (χ0n) is 16.5. The lowest BCUT2D eigenvalue weighted by Crippen LogP contribution is -2.58. The highest BCUT2D eigenvalue weighted by molar-refractivity contribution is 5.16. The third-order valence-corrected chi connectivity index (χ3v) is 5.56. The third kappa shape index (κ3) is 5.12. The molecule has 7 heteroatoms. The van der Waals surface area contributed by atoms with Crippen LogP contribution in [0.2, 0.25) is 0 Å². The highest BCUT2D eigenvalue weighted by atomic mass is 19.1. The summed E-state index contributed by atoms with van der Waals surface area (Å²) in [6.07, 6.45) is 3.15. The van der Waals surface area contributed by atoms with Gasteiger partial charge in [0.15, 0.2) is 0 Å². The summed E-state index contributed by atoms with van der Waals surface area (Å²) in [6.45, 7) is 11.7. The van der Waals surface area contributed by atoms with Gasteiger partial charge >= 0.3 is 0 Å². The number of hydrogen-bond acceptors (Lipinski definition) is 5. The van der Waals surface area contributed by atoms with E-state index in [1.165, 1.54) is 18.5 Å². The van der Waals surface area contributed by atoms with Crippen molar-refractivity contribution in [3.8, 4) is 0 Å². The van der Waals surface area contributed by atoms with Crippen LogP contribution in [0, 0.1) is 11.2 Å². The Kier molecular flexibility index (Phi) is 5.93. The van der Waals surface area contributed by atoms with Crippen LogP contribution in [0.5, 0.6) is 0 Å². The maximum atomic E-state index is 13.1. The molecule has 1 aromatic carbocycles. The number of hydrogen-bond donors (Lipinski definition) is 1. The van der Waals surface area contributed by atoms with Gasteiger partial charge in [-0.15, -0.1) is 0 Å². The minimum Gasteiger partial charge on any atom is -0.386 e. The first-order valence-corrected chi connectivity index (χ1v) is 9.49. The molecule has 6 nitrogen and oxygen atoms in total. The predicted molar refractivity (Wildman–Crippen MR) is 103 cm³/mol. The number of nitrogens with zero attached hydrogens (tertiary/aromatic N) is 5. The van der Waals surface area contributed by atoms with Gasteiger partial charge in [-0.25, -0.2) is 9.37 Å². The first-order valence-electron chi connectivity index (χ1n) is 9.49. The van der Waals surface area contributed by atoms with Crippen molar-refractivity contribution >= 4 is 0 Å². The van der Waals surface area contributed by atoms with Crippen LogP contribution in [-0.2, 0) is 13.1 Å². The van der Waals surface area contributed by atoms with Gasteiger partial charge in [0.25, 0.3) is 0 Å². The molecule has 27 heavy (non-hydrogen) atoms. The molecule has 1 N–H and O–H groups in total. The van der Waals surface area contributed by atoms with E-state index in [9.17, 15) is 9.50 Å². The fraction of sp³-hybridized carbons (Fsp3) is 0.600. The second-order valence-corrected chi connectivity index (χ2v) is 8.55. The third-order valence-electron chi connectivity index (χ3n) is 5.56. The Morgan fingerprint density at radius 1 is 1.00 bits per heavy atom. The van der Waals surface area contributed by atoms with Crippen LogP contribution in [0.4, 0.5) is 4.39 Å². The van der Waals surface area contributed by atoms with Crippen LogP contribution in [0.25, 0.3) is 0 Å². The van der Waals surface area contributed by atoms with Crippen molar-refractivity contribution in [2.45, 2.75) is 39.5 Å². The Morgan fingerprint density at radius 2 is 1.63 bits per heavy atom. The molecule has 1 aliphatic heterocycles. The van der Waals surface area contributed by atoms with Crippen LogP contribution in [0.15, 0.2) is 36.9 Å². The summed E-state index contributed by atoms with van der Waals surface area (Å²) >= 11 is 0. The predicted octanol–water partition coefficient (Wildman–Crippen LogP) is 2.01. The van der Waals surface area contributed by atoms with Crippen molar-refractivity contribution < 1.29 is 9.50 Å². The Balaban J connectivity index is 1.56. The molecule has 0 bridgehead atoms. The number of β-amino-alcohol motifs (C(OH)–C–C–N with tert-alkyl or cyclic N) is 1. The first-order chi connectivity index (χ1) is 12.7. The highest BCUT2D eigenvalue weighted by Gasteiger charge is 2.42. The van der Waals surface area contributed by atoms with Crippen molar-refractivity contribution in [3.63, 3.8) is 0 Å². The summed E-state index contributed by atoms with van der Waals surface area (Å²) in [5.74, 6) is -0.197. The fourth-order valence-electron chi connectivity index (χ4n) is 3.43. The van der Waals surface area contributed by atoms with Gasteiger partial charge in [0.2, 0.25) is 0 Å². The lowest BCUT2D eigenvalue weighted by atomic mass is 9.76. The molecule has 1 aromatic heterocycles. The van der Waals surface area contributed by atoms with Gasteiger partial charge < -0.3 is 5.11 Å². The monoisotopic (exact) mass is 375 g/mol. The summed E-state index contributed by atoms with van der Waals surface area (Å²) in [5.41, 5.74) is -0.0634. The van der Waals surface area contributed by atoms with Crippen LogP contribution < -0.4 is 0 Å². The molecule has 0 aliphatic carbocycles. The molecule has 148 valence electrons. The smallest absolute Gasteiger partial charge is 0.137 e. The average molecular weight is 375 g/mol. The maximum absolute atomic E-state index is 13.1. The molecule has 2 heterocycles. The highest BCUT2D eigenvalue weighted by Crippen LogP contribution is 2.33. The summed E-state index contributed by atoms with van der Waals surface area (Å²) in [6, 6.07) is 6.72. The summed E-state index contributed by atoms with van der Waals surface area (Å²) < 4.78 is 14.8. The number of piperazine rings is 1. The molecule has 0 radical (unpaired) electrons. The molecule has 1 aliphatic rings. The van der Waals surface area contributed by atoms with E-state index < -0.39 is 5.60 Å². The lowest BCUT2D eigenvalue weighted by Gasteiger charge is -2.45. The molecule has 1 unspecified atom stereocenters. The summed E-state index contributed by atoms with van der Waals surface area (Å²) in [4.78, 5) is 8.68. The quantitative estimate of drug-likeness (QED) is 0.837. The molecule has 0 saturated carbocycles. The molecular weight excluding hydrogens is 345 g/mol. The largest absolute Gasteiger partial charge is 0.386 e. The van der Waals surface area contributed by atoms with E-state index in [1.807, 2.05) is 12.1 Å².